The zero-order valence-corrected chi connectivity index (χ0v) is 21.7. The van der Waals surface area contributed by atoms with Gasteiger partial charge in [0, 0.05) is 24.3 Å². The number of nitrogens with zero attached hydrogens (tertiary/aromatic N) is 3. The van der Waals surface area contributed by atoms with E-state index in [-0.39, 0.29) is 16.6 Å². The Kier molecular flexibility index (Phi) is 7.85. The molecule has 1 aromatic heterocycles. The minimum Gasteiger partial charge on any atom is -0.325 e. The average molecular weight is 532 g/mol. The average Bonchev–Trinajstić information content (AvgIpc) is 3.52. The van der Waals surface area contributed by atoms with Crippen LogP contribution in [0.15, 0.2) is 51.7 Å². The highest BCUT2D eigenvalue weighted by Gasteiger charge is 2.27. The Hall–Kier alpha value is -2.80. The Morgan fingerprint density at radius 2 is 1.74 bits per heavy atom. The molecule has 0 bridgehead atoms. The van der Waals surface area contributed by atoms with Crippen LogP contribution in [-0.2, 0) is 14.8 Å². The van der Waals surface area contributed by atoms with Crippen LogP contribution in [0, 0.1) is 13.8 Å². The molecule has 2 heterocycles. The smallest absolute Gasteiger partial charge is 0.257 e. The highest BCUT2D eigenvalue weighted by molar-refractivity contribution is 8.01. The number of carbonyl (C=O) groups is 2. The molecule has 35 heavy (non-hydrogen) atoms. The van der Waals surface area contributed by atoms with Crippen molar-refractivity contribution in [2.75, 3.05) is 29.5 Å². The first-order valence-electron chi connectivity index (χ1n) is 11.0. The van der Waals surface area contributed by atoms with Crippen molar-refractivity contribution in [3.63, 3.8) is 0 Å². The molecule has 1 fully saturated rings. The highest BCUT2D eigenvalue weighted by atomic mass is 32.2. The van der Waals surface area contributed by atoms with Gasteiger partial charge in [0.25, 0.3) is 5.91 Å². The van der Waals surface area contributed by atoms with Gasteiger partial charge in [-0.2, -0.15) is 4.31 Å². The van der Waals surface area contributed by atoms with Gasteiger partial charge in [-0.15, -0.1) is 10.2 Å². The number of sulfonamides is 1. The molecule has 0 unspecified atom stereocenters. The van der Waals surface area contributed by atoms with Crippen molar-refractivity contribution in [3.05, 3.63) is 59.2 Å². The summed E-state index contributed by atoms with van der Waals surface area (Å²) < 4.78 is 27.3. The molecular weight excluding hydrogens is 506 g/mol. The Morgan fingerprint density at radius 1 is 1.03 bits per heavy atom. The molecule has 1 aliphatic heterocycles. The van der Waals surface area contributed by atoms with Gasteiger partial charge in [0.05, 0.1) is 10.6 Å². The van der Waals surface area contributed by atoms with E-state index in [9.17, 15) is 18.0 Å². The van der Waals surface area contributed by atoms with Gasteiger partial charge in [-0.3, -0.25) is 14.9 Å². The number of hydrogen-bond donors (Lipinski definition) is 2. The first-order chi connectivity index (χ1) is 16.7. The molecule has 2 amide bonds. The molecule has 3 aromatic rings. The lowest BCUT2D eigenvalue weighted by Gasteiger charge is -2.15. The van der Waals surface area contributed by atoms with Crippen LogP contribution in [0.1, 0.15) is 34.3 Å². The monoisotopic (exact) mass is 531 g/mol. The topological polar surface area (TPSA) is 121 Å². The standard InChI is InChI=1S/C23H25N5O4S3/c1-15-5-10-19(16(2)13-15)24-20(29)14-33-23-27-26-22(34-23)25-21(30)17-6-8-18(9-7-17)35(31,32)28-11-3-4-12-28/h5-10,13H,3-4,11-12,14H2,1-2H3,(H,24,29)(H,25,26,30). The van der Waals surface area contributed by atoms with E-state index in [1.54, 1.807) is 0 Å². The van der Waals surface area contributed by atoms with Gasteiger partial charge in [0.2, 0.25) is 21.1 Å². The third kappa shape index (κ3) is 6.26. The maximum absolute atomic E-state index is 12.6. The molecule has 0 radical (unpaired) electrons. The van der Waals surface area contributed by atoms with Crippen molar-refractivity contribution >= 4 is 55.8 Å². The Bertz CT molecular complexity index is 1330. The summed E-state index contributed by atoms with van der Waals surface area (Å²) >= 11 is 2.39. The maximum Gasteiger partial charge on any atom is 0.257 e. The number of benzene rings is 2. The minimum atomic E-state index is -3.53. The third-order valence-electron chi connectivity index (χ3n) is 5.43. The molecule has 4 rings (SSSR count). The van der Waals surface area contributed by atoms with Gasteiger partial charge >= 0.3 is 0 Å². The molecular formula is C23H25N5O4S3. The van der Waals surface area contributed by atoms with Crippen LogP contribution < -0.4 is 10.6 Å². The molecule has 0 atom stereocenters. The van der Waals surface area contributed by atoms with Crippen molar-refractivity contribution in [1.82, 2.24) is 14.5 Å². The quantitative estimate of drug-likeness (QED) is 0.334. The first-order valence-corrected chi connectivity index (χ1v) is 14.2. The largest absolute Gasteiger partial charge is 0.325 e. The van der Waals surface area contributed by atoms with Crippen LogP contribution in [0.25, 0.3) is 0 Å². The number of aryl methyl sites for hydroxylation is 2. The summed E-state index contributed by atoms with van der Waals surface area (Å²) in [4.78, 5) is 25.0. The molecule has 2 aromatic carbocycles. The Morgan fingerprint density at radius 3 is 2.43 bits per heavy atom. The van der Waals surface area contributed by atoms with Crippen LogP contribution in [0.2, 0.25) is 0 Å². The number of rotatable bonds is 8. The first kappa shape index (κ1) is 25.3. The second-order valence-electron chi connectivity index (χ2n) is 8.12. The van der Waals surface area contributed by atoms with Gasteiger partial charge in [0.1, 0.15) is 0 Å². The lowest BCUT2D eigenvalue weighted by atomic mass is 10.1. The number of nitrogens with one attached hydrogen (secondary N) is 2. The van der Waals surface area contributed by atoms with Crippen molar-refractivity contribution < 1.29 is 18.0 Å². The second kappa shape index (κ2) is 10.9. The molecule has 1 saturated heterocycles. The van der Waals surface area contributed by atoms with Crippen molar-refractivity contribution in [3.8, 4) is 0 Å². The van der Waals surface area contributed by atoms with Crippen molar-refractivity contribution in [2.24, 2.45) is 0 Å². The molecule has 0 spiro atoms. The number of hydrogen-bond acceptors (Lipinski definition) is 8. The Labute approximate surface area is 212 Å². The molecule has 2 N–H and O–H groups in total. The van der Waals surface area contributed by atoms with Gasteiger partial charge in [0.15, 0.2) is 4.34 Å². The summed E-state index contributed by atoms with van der Waals surface area (Å²) in [7, 11) is -3.53. The predicted octanol–water partition coefficient (Wildman–Crippen LogP) is 3.92. The van der Waals surface area contributed by atoms with Gasteiger partial charge in [-0.05, 0) is 62.6 Å². The third-order valence-corrected chi connectivity index (χ3v) is 9.31. The maximum atomic E-state index is 12.6. The summed E-state index contributed by atoms with van der Waals surface area (Å²) in [5.41, 5.74) is 3.19. The lowest BCUT2D eigenvalue weighted by Crippen LogP contribution is -2.27. The molecule has 9 nitrogen and oxygen atoms in total. The van der Waals surface area contributed by atoms with Crippen LogP contribution >= 0.6 is 23.1 Å². The highest BCUT2D eigenvalue weighted by Crippen LogP contribution is 2.27. The van der Waals surface area contributed by atoms with Crippen molar-refractivity contribution in [2.45, 2.75) is 35.9 Å². The summed E-state index contributed by atoms with van der Waals surface area (Å²) in [5.74, 6) is -0.426. The normalized spacial score (nSPS) is 14.1. The van der Waals surface area contributed by atoms with E-state index < -0.39 is 15.9 Å². The number of anilines is 2. The number of thioether (sulfide) groups is 1. The van der Waals surface area contributed by atoms with E-state index in [2.05, 4.69) is 20.8 Å². The minimum absolute atomic E-state index is 0.156. The zero-order chi connectivity index (χ0) is 25.0. The van der Waals surface area contributed by atoms with E-state index in [0.29, 0.717) is 28.1 Å². The van der Waals surface area contributed by atoms with Crippen molar-refractivity contribution in [1.29, 1.82) is 0 Å². The molecule has 0 saturated carbocycles. The molecule has 0 aliphatic carbocycles. The van der Waals surface area contributed by atoms with Gasteiger partial charge < -0.3 is 5.32 Å². The molecule has 12 heteroatoms. The second-order valence-corrected chi connectivity index (χ2v) is 12.3. The van der Waals surface area contributed by atoms with E-state index >= 15 is 0 Å². The fourth-order valence-electron chi connectivity index (χ4n) is 3.61. The van der Waals surface area contributed by atoms with Gasteiger partial charge in [-0.25, -0.2) is 8.42 Å². The summed E-state index contributed by atoms with van der Waals surface area (Å²) in [6, 6.07) is 11.7. The van der Waals surface area contributed by atoms with Crippen LogP contribution in [0.5, 0.6) is 0 Å². The summed E-state index contributed by atoms with van der Waals surface area (Å²) in [6.45, 7) is 4.98. The van der Waals surface area contributed by atoms with E-state index in [0.717, 1.165) is 41.0 Å². The van der Waals surface area contributed by atoms with E-state index in [1.165, 1.54) is 40.3 Å². The molecule has 184 valence electrons. The summed E-state index contributed by atoms with van der Waals surface area (Å²) in [5, 5.41) is 13.8. The Balaban J connectivity index is 1.30. The SMILES string of the molecule is Cc1ccc(NC(=O)CSc2nnc(NC(=O)c3ccc(S(=O)(=O)N4CCCC4)cc3)s2)c(C)c1. The summed E-state index contributed by atoms with van der Waals surface area (Å²) in [6.07, 6.45) is 1.72. The molecule has 1 aliphatic rings. The van der Waals surface area contributed by atoms with E-state index in [4.69, 9.17) is 0 Å². The predicted molar refractivity (Wildman–Crippen MR) is 138 cm³/mol. The zero-order valence-electron chi connectivity index (χ0n) is 19.3. The number of carbonyl (C=O) groups excluding carboxylic acids is 2. The van der Waals surface area contributed by atoms with E-state index in [1.807, 2.05) is 32.0 Å². The van der Waals surface area contributed by atoms with Crippen LogP contribution in [0.3, 0.4) is 0 Å². The number of amides is 2. The fraction of sp³-hybridized carbons (Fsp3) is 0.304. The number of aromatic nitrogens is 2. The van der Waals surface area contributed by atoms with Crippen LogP contribution in [0.4, 0.5) is 10.8 Å². The van der Waals surface area contributed by atoms with Crippen LogP contribution in [-0.4, -0.2) is 53.6 Å². The fourth-order valence-corrected chi connectivity index (χ4v) is 6.68. The lowest BCUT2D eigenvalue weighted by molar-refractivity contribution is -0.113. The van der Waals surface area contributed by atoms with Gasteiger partial charge in [-0.1, -0.05) is 40.8 Å².